The Morgan fingerprint density at radius 2 is 1.96 bits per heavy atom. The molecule has 1 rings (SSSR count). The number of hydrazine groups is 1. The van der Waals surface area contributed by atoms with E-state index in [0.29, 0.717) is 25.6 Å². The molecule has 0 radical (unpaired) electrons. The zero-order valence-corrected chi connectivity index (χ0v) is 14.3. The highest BCUT2D eigenvalue weighted by Crippen LogP contribution is 2.12. The Morgan fingerprint density at radius 3 is 2.57 bits per heavy atom. The SMILES string of the molecule is COCCNC(=O)N[C@H](C(=O)NNCC1CCOCC1)C(C)C. The topological polar surface area (TPSA) is 101 Å². The van der Waals surface area contributed by atoms with E-state index in [-0.39, 0.29) is 17.9 Å². The Labute approximate surface area is 138 Å². The summed E-state index contributed by atoms with van der Waals surface area (Å²) < 4.78 is 10.2. The molecule has 23 heavy (non-hydrogen) atoms. The quantitative estimate of drug-likeness (QED) is 0.352. The predicted molar refractivity (Wildman–Crippen MR) is 86.7 cm³/mol. The van der Waals surface area contributed by atoms with Crippen LogP contribution >= 0.6 is 0 Å². The van der Waals surface area contributed by atoms with Gasteiger partial charge in [-0.1, -0.05) is 13.8 Å². The van der Waals surface area contributed by atoms with Crippen molar-refractivity contribution in [3.63, 3.8) is 0 Å². The third kappa shape index (κ3) is 8.15. The van der Waals surface area contributed by atoms with E-state index in [1.54, 1.807) is 7.11 Å². The molecule has 1 atom stereocenters. The van der Waals surface area contributed by atoms with Gasteiger partial charge in [0, 0.05) is 33.4 Å². The first kappa shape index (κ1) is 19.7. The summed E-state index contributed by atoms with van der Waals surface area (Å²) in [4.78, 5) is 24.0. The molecule has 0 aliphatic carbocycles. The van der Waals surface area contributed by atoms with E-state index in [9.17, 15) is 9.59 Å². The second-order valence-corrected chi connectivity index (χ2v) is 6.04. The lowest BCUT2D eigenvalue weighted by molar-refractivity contribution is -0.125. The maximum Gasteiger partial charge on any atom is 0.315 e. The van der Waals surface area contributed by atoms with Crippen LogP contribution in [0.5, 0.6) is 0 Å². The number of hydrogen-bond acceptors (Lipinski definition) is 5. The van der Waals surface area contributed by atoms with Gasteiger partial charge in [0.25, 0.3) is 5.91 Å². The number of carbonyl (C=O) groups excluding carboxylic acids is 2. The molecular weight excluding hydrogens is 300 g/mol. The van der Waals surface area contributed by atoms with Crippen LogP contribution in [-0.4, -0.2) is 58.0 Å². The largest absolute Gasteiger partial charge is 0.383 e. The number of hydrogen-bond donors (Lipinski definition) is 4. The molecule has 0 spiro atoms. The molecule has 8 heteroatoms. The monoisotopic (exact) mass is 330 g/mol. The van der Waals surface area contributed by atoms with Crippen molar-refractivity contribution in [2.24, 2.45) is 11.8 Å². The van der Waals surface area contributed by atoms with Crippen molar-refractivity contribution in [3.05, 3.63) is 0 Å². The molecule has 1 aliphatic heterocycles. The van der Waals surface area contributed by atoms with E-state index in [1.807, 2.05) is 13.8 Å². The lowest BCUT2D eigenvalue weighted by atomic mass is 10.0. The maximum atomic E-state index is 12.2. The van der Waals surface area contributed by atoms with Crippen LogP contribution in [0.1, 0.15) is 26.7 Å². The van der Waals surface area contributed by atoms with Crippen LogP contribution in [0.4, 0.5) is 4.79 Å². The smallest absolute Gasteiger partial charge is 0.315 e. The molecule has 0 saturated carbocycles. The van der Waals surface area contributed by atoms with E-state index in [0.717, 1.165) is 26.1 Å². The van der Waals surface area contributed by atoms with Crippen molar-refractivity contribution in [1.29, 1.82) is 0 Å². The summed E-state index contributed by atoms with van der Waals surface area (Å²) in [5.41, 5.74) is 5.66. The van der Waals surface area contributed by atoms with Gasteiger partial charge in [-0.15, -0.1) is 0 Å². The summed E-state index contributed by atoms with van der Waals surface area (Å²) in [6.45, 7) is 6.86. The van der Waals surface area contributed by atoms with Gasteiger partial charge in [-0.25, -0.2) is 10.2 Å². The molecule has 3 amide bonds. The first-order chi connectivity index (χ1) is 11.0. The lowest BCUT2D eigenvalue weighted by Gasteiger charge is -2.25. The normalized spacial score (nSPS) is 16.9. The standard InChI is InChI=1S/C15H30N4O4/c1-11(2)13(18-15(21)16-6-9-22-3)14(20)19-17-10-12-4-7-23-8-5-12/h11-13,17H,4-10H2,1-3H3,(H,19,20)(H2,16,18,21)/t13-/m0/s1. The number of carbonyl (C=O) groups is 2. The van der Waals surface area contributed by atoms with Crippen molar-refractivity contribution in [1.82, 2.24) is 21.5 Å². The zero-order valence-electron chi connectivity index (χ0n) is 14.3. The van der Waals surface area contributed by atoms with E-state index < -0.39 is 6.04 Å². The van der Waals surface area contributed by atoms with Crippen LogP contribution in [-0.2, 0) is 14.3 Å². The van der Waals surface area contributed by atoms with Gasteiger partial charge in [0.05, 0.1) is 6.61 Å². The van der Waals surface area contributed by atoms with Crippen LogP contribution in [0.25, 0.3) is 0 Å². The van der Waals surface area contributed by atoms with Crippen molar-refractivity contribution in [3.8, 4) is 0 Å². The molecule has 8 nitrogen and oxygen atoms in total. The minimum Gasteiger partial charge on any atom is -0.383 e. The fraction of sp³-hybridized carbons (Fsp3) is 0.867. The van der Waals surface area contributed by atoms with Gasteiger partial charge in [-0.2, -0.15) is 0 Å². The summed E-state index contributed by atoms with van der Waals surface area (Å²) in [6, 6.07) is -0.972. The number of methoxy groups -OCH3 is 1. The molecule has 0 bridgehead atoms. The minimum absolute atomic E-state index is 0.0203. The number of nitrogens with one attached hydrogen (secondary N) is 4. The fourth-order valence-corrected chi connectivity index (χ4v) is 2.30. The van der Waals surface area contributed by atoms with E-state index in [2.05, 4.69) is 21.5 Å². The molecule has 1 saturated heterocycles. The molecule has 1 aliphatic rings. The van der Waals surface area contributed by atoms with Crippen molar-refractivity contribution >= 4 is 11.9 Å². The molecular formula is C15H30N4O4. The summed E-state index contributed by atoms with van der Waals surface area (Å²) in [7, 11) is 1.56. The highest BCUT2D eigenvalue weighted by molar-refractivity contribution is 5.86. The van der Waals surface area contributed by atoms with Crippen LogP contribution < -0.4 is 21.5 Å². The van der Waals surface area contributed by atoms with Gasteiger partial charge >= 0.3 is 6.03 Å². The second kappa shape index (κ2) is 11.2. The van der Waals surface area contributed by atoms with Crippen LogP contribution in [0, 0.1) is 11.8 Å². The van der Waals surface area contributed by atoms with Crippen LogP contribution in [0.15, 0.2) is 0 Å². The fourth-order valence-electron chi connectivity index (χ4n) is 2.30. The predicted octanol–water partition coefficient (Wildman–Crippen LogP) is 0.00400. The third-order valence-electron chi connectivity index (χ3n) is 3.77. The Morgan fingerprint density at radius 1 is 1.26 bits per heavy atom. The maximum absolute atomic E-state index is 12.2. The van der Waals surface area contributed by atoms with Gasteiger partial charge in [0.2, 0.25) is 0 Å². The van der Waals surface area contributed by atoms with E-state index in [1.165, 1.54) is 0 Å². The molecule has 1 heterocycles. The van der Waals surface area contributed by atoms with Gasteiger partial charge < -0.3 is 20.1 Å². The number of amides is 3. The average Bonchev–Trinajstić information content (AvgIpc) is 2.53. The summed E-state index contributed by atoms with van der Waals surface area (Å²) in [5.74, 6) is 0.244. The summed E-state index contributed by atoms with van der Waals surface area (Å²) >= 11 is 0. The molecule has 0 aromatic rings. The second-order valence-electron chi connectivity index (χ2n) is 6.04. The Hall–Kier alpha value is -1.38. The first-order valence-corrected chi connectivity index (χ1v) is 8.18. The molecule has 134 valence electrons. The van der Waals surface area contributed by atoms with E-state index >= 15 is 0 Å². The third-order valence-corrected chi connectivity index (χ3v) is 3.77. The minimum atomic E-state index is -0.597. The molecule has 4 N–H and O–H groups in total. The highest BCUT2D eigenvalue weighted by atomic mass is 16.5. The summed E-state index contributed by atoms with van der Waals surface area (Å²) in [6.07, 6.45) is 1.99. The van der Waals surface area contributed by atoms with Crippen molar-refractivity contribution < 1.29 is 19.1 Å². The van der Waals surface area contributed by atoms with Crippen molar-refractivity contribution in [2.75, 3.05) is 40.0 Å². The Kier molecular flexibility index (Phi) is 9.58. The van der Waals surface area contributed by atoms with Gasteiger partial charge in [-0.05, 0) is 24.7 Å². The van der Waals surface area contributed by atoms with Crippen molar-refractivity contribution in [2.45, 2.75) is 32.7 Å². The number of urea groups is 1. The Bertz CT molecular complexity index is 359. The first-order valence-electron chi connectivity index (χ1n) is 8.18. The number of rotatable bonds is 9. The number of ether oxygens (including phenoxy) is 2. The average molecular weight is 330 g/mol. The summed E-state index contributed by atoms with van der Waals surface area (Å²) in [5, 5.41) is 5.33. The lowest BCUT2D eigenvalue weighted by Crippen LogP contribution is -2.55. The zero-order chi connectivity index (χ0) is 17.1. The molecule has 0 aromatic heterocycles. The van der Waals surface area contributed by atoms with Gasteiger partial charge in [0.1, 0.15) is 6.04 Å². The van der Waals surface area contributed by atoms with E-state index in [4.69, 9.17) is 9.47 Å². The molecule has 0 unspecified atom stereocenters. The molecule has 0 aromatic carbocycles. The van der Waals surface area contributed by atoms with Crippen LogP contribution in [0.3, 0.4) is 0 Å². The van der Waals surface area contributed by atoms with Gasteiger partial charge in [0.15, 0.2) is 0 Å². The Balaban J connectivity index is 2.30. The van der Waals surface area contributed by atoms with Crippen LogP contribution in [0.2, 0.25) is 0 Å². The molecule has 1 fully saturated rings. The van der Waals surface area contributed by atoms with Gasteiger partial charge in [-0.3, -0.25) is 10.2 Å². The highest BCUT2D eigenvalue weighted by Gasteiger charge is 2.24.